The van der Waals surface area contributed by atoms with Crippen molar-refractivity contribution in [2.24, 2.45) is 11.3 Å². The number of hydrogen-bond donors (Lipinski definition) is 3. The number of carboxylic acid groups (broad SMARTS) is 1. The van der Waals surface area contributed by atoms with E-state index in [9.17, 15) is 9.59 Å². The number of carboxylic acids is 1. The molecule has 0 radical (unpaired) electrons. The zero-order chi connectivity index (χ0) is 13.4. The van der Waals surface area contributed by atoms with Gasteiger partial charge in [-0.05, 0) is 50.4 Å². The van der Waals surface area contributed by atoms with Crippen LogP contribution in [-0.2, 0) is 4.79 Å². The van der Waals surface area contributed by atoms with E-state index in [1.54, 1.807) is 6.92 Å². The van der Waals surface area contributed by atoms with Crippen LogP contribution in [0.4, 0.5) is 4.79 Å². The van der Waals surface area contributed by atoms with Crippen molar-refractivity contribution in [2.75, 3.05) is 6.54 Å². The summed E-state index contributed by atoms with van der Waals surface area (Å²) in [5.74, 6) is -0.210. The first-order chi connectivity index (χ1) is 8.42. The lowest BCUT2D eigenvalue weighted by Gasteiger charge is -2.25. The Morgan fingerprint density at radius 3 is 2.39 bits per heavy atom. The third-order valence-corrected chi connectivity index (χ3v) is 4.51. The number of carbonyl (C=O) groups excluding carboxylic acids is 1. The van der Waals surface area contributed by atoms with Crippen LogP contribution in [0.3, 0.4) is 0 Å². The number of rotatable bonds is 6. The van der Waals surface area contributed by atoms with Gasteiger partial charge in [0.05, 0.1) is 0 Å². The molecule has 0 aromatic carbocycles. The van der Waals surface area contributed by atoms with E-state index in [4.69, 9.17) is 5.11 Å². The number of nitrogens with one attached hydrogen (secondary N) is 2. The molecule has 0 aliphatic heterocycles. The molecule has 102 valence electrons. The van der Waals surface area contributed by atoms with Crippen molar-refractivity contribution >= 4 is 12.0 Å². The first-order valence-electron chi connectivity index (χ1n) is 6.71. The third kappa shape index (κ3) is 2.60. The maximum absolute atomic E-state index is 11.8. The lowest BCUT2D eigenvalue weighted by Crippen LogP contribution is -2.55. The van der Waals surface area contributed by atoms with E-state index in [1.165, 1.54) is 32.6 Å². The van der Waals surface area contributed by atoms with Crippen LogP contribution >= 0.6 is 0 Å². The average molecular weight is 254 g/mol. The fourth-order valence-electron chi connectivity index (χ4n) is 2.43. The highest BCUT2D eigenvalue weighted by molar-refractivity contribution is 5.85. The Kier molecular flexibility index (Phi) is 3.25. The van der Waals surface area contributed by atoms with Gasteiger partial charge in [0.2, 0.25) is 0 Å². The third-order valence-electron chi connectivity index (χ3n) is 4.51. The van der Waals surface area contributed by atoms with Gasteiger partial charge in [-0.3, -0.25) is 0 Å². The molecule has 1 atom stereocenters. The summed E-state index contributed by atoms with van der Waals surface area (Å²) in [6.07, 6.45) is 5.32. The summed E-state index contributed by atoms with van der Waals surface area (Å²) >= 11 is 0. The SMILES string of the molecule is CCC(C)(NC(=O)NCC1(C2CC2)CC1)C(=O)O. The molecule has 2 saturated carbocycles. The highest BCUT2D eigenvalue weighted by Crippen LogP contribution is 2.60. The summed E-state index contributed by atoms with van der Waals surface area (Å²) in [5.41, 5.74) is -0.844. The molecule has 0 bridgehead atoms. The first-order valence-corrected chi connectivity index (χ1v) is 6.71. The summed E-state index contributed by atoms with van der Waals surface area (Å²) in [4.78, 5) is 22.8. The zero-order valence-electron chi connectivity index (χ0n) is 11.1. The maximum Gasteiger partial charge on any atom is 0.329 e. The smallest absolute Gasteiger partial charge is 0.329 e. The number of amides is 2. The molecule has 2 amide bonds. The molecule has 0 aromatic heterocycles. The van der Waals surface area contributed by atoms with Crippen LogP contribution in [0.2, 0.25) is 0 Å². The van der Waals surface area contributed by atoms with Gasteiger partial charge in [-0.2, -0.15) is 0 Å². The van der Waals surface area contributed by atoms with Crippen molar-refractivity contribution in [3.63, 3.8) is 0 Å². The largest absolute Gasteiger partial charge is 0.480 e. The molecule has 1 unspecified atom stereocenters. The Morgan fingerprint density at radius 2 is 2.00 bits per heavy atom. The van der Waals surface area contributed by atoms with Gasteiger partial charge in [0, 0.05) is 6.54 Å². The van der Waals surface area contributed by atoms with Crippen molar-refractivity contribution in [3.05, 3.63) is 0 Å². The number of carbonyl (C=O) groups is 2. The normalized spacial score (nSPS) is 23.9. The van der Waals surface area contributed by atoms with Gasteiger partial charge in [-0.15, -0.1) is 0 Å². The fraction of sp³-hybridized carbons (Fsp3) is 0.846. The standard InChI is InChI=1S/C13H22N2O3/c1-3-12(2,10(16)17)15-11(18)14-8-13(6-7-13)9-4-5-9/h9H,3-8H2,1-2H3,(H,16,17)(H2,14,15,18). The van der Waals surface area contributed by atoms with Crippen LogP contribution in [0.25, 0.3) is 0 Å². The lowest BCUT2D eigenvalue weighted by atomic mass is 9.99. The van der Waals surface area contributed by atoms with Gasteiger partial charge in [-0.25, -0.2) is 9.59 Å². The second-order valence-corrected chi connectivity index (χ2v) is 5.94. The molecule has 2 aliphatic carbocycles. The van der Waals surface area contributed by atoms with Gasteiger partial charge in [-0.1, -0.05) is 6.92 Å². The van der Waals surface area contributed by atoms with Crippen molar-refractivity contribution in [3.8, 4) is 0 Å². The van der Waals surface area contributed by atoms with Gasteiger partial charge < -0.3 is 15.7 Å². The monoisotopic (exact) mass is 254 g/mol. The van der Waals surface area contributed by atoms with Gasteiger partial charge in [0.1, 0.15) is 5.54 Å². The summed E-state index contributed by atoms with van der Waals surface area (Å²) in [7, 11) is 0. The zero-order valence-corrected chi connectivity index (χ0v) is 11.1. The Bertz CT molecular complexity index is 361. The molecular weight excluding hydrogens is 232 g/mol. The van der Waals surface area contributed by atoms with Crippen LogP contribution in [0.5, 0.6) is 0 Å². The number of aliphatic carboxylic acids is 1. The van der Waals surface area contributed by atoms with E-state index in [1.807, 2.05) is 0 Å². The van der Waals surface area contributed by atoms with Gasteiger partial charge in [0.15, 0.2) is 0 Å². The molecule has 5 heteroatoms. The molecule has 0 aromatic rings. The molecule has 2 fully saturated rings. The first kappa shape index (κ1) is 13.2. The fourth-order valence-corrected chi connectivity index (χ4v) is 2.43. The quantitative estimate of drug-likeness (QED) is 0.675. The Labute approximate surface area is 107 Å². The average Bonchev–Trinajstić information content (AvgIpc) is 3.15. The van der Waals surface area contributed by atoms with E-state index >= 15 is 0 Å². The van der Waals surface area contributed by atoms with E-state index < -0.39 is 11.5 Å². The summed E-state index contributed by atoms with van der Waals surface area (Å²) in [6.45, 7) is 3.96. The maximum atomic E-state index is 11.8. The Balaban J connectivity index is 1.79. The van der Waals surface area contributed by atoms with Gasteiger partial charge in [0.25, 0.3) is 0 Å². The second-order valence-electron chi connectivity index (χ2n) is 5.94. The van der Waals surface area contributed by atoms with E-state index in [0.29, 0.717) is 18.4 Å². The highest BCUT2D eigenvalue weighted by Gasteiger charge is 2.53. The highest BCUT2D eigenvalue weighted by atomic mass is 16.4. The van der Waals surface area contributed by atoms with Crippen molar-refractivity contribution in [1.82, 2.24) is 10.6 Å². The number of hydrogen-bond acceptors (Lipinski definition) is 2. The van der Waals surface area contributed by atoms with Crippen LogP contribution < -0.4 is 10.6 Å². The number of urea groups is 1. The van der Waals surface area contributed by atoms with Gasteiger partial charge >= 0.3 is 12.0 Å². The molecule has 5 nitrogen and oxygen atoms in total. The molecular formula is C13H22N2O3. The van der Waals surface area contributed by atoms with Crippen LogP contribution in [0.1, 0.15) is 46.0 Å². The second kappa shape index (κ2) is 4.44. The summed E-state index contributed by atoms with van der Waals surface area (Å²) in [5, 5.41) is 14.5. The summed E-state index contributed by atoms with van der Waals surface area (Å²) in [6, 6.07) is -0.367. The predicted molar refractivity (Wildman–Crippen MR) is 67.3 cm³/mol. The molecule has 0 saturated heterocycles. The molecule has 0 spiro atoms. The van der Waals surface area contributed by atoms with Crippen molar-refractivity contribution in [1.29, 1.82) is 0 Å². The lowest BCUT2D eigenvalue weighted by molar-refractivity contribution is -0.143. The molecule has 18 heavy (non-hydrogen) atoms. The molecule has 2 aliphatic rings. The van der Waals surface area contributed by atoms with Crippen LogP contribution in [0, 0.1) is 11.3 Å². The predicted octanol–water partition coefficient (Wildman–Crippen LogP) is 1.73. The van der Waals surface area contributed by atoms with E-state index in [0.717, 1.165) is 5.92 Å². The Morgan fingerprint density at radius 1 is 1.39 bits per heavy atom. The topological polar surface area (TPSA) is 78.4 Å². The molecule has 2 rings (SSSR count). The Hall–Kier alpha value is -1.26. The van der Waals surface area contributed by atoms with Crippen molar-refractivity contribution in [2.45, 2.75) is 51.5 Å². The molecule has 3 N–H and O–H groups in total. The van der Waals surface area contributed by atoms with Crippen LogP contribution in [0.15, 0.2) is 0 Å². The van der Waals surface area contributed by atoms with E-state index in [-0.39, 0.29) is 6.03 Å². The minimum atomic E-state index is -1.18. The van der Waals surface area contributed by atoms with Crippen molar-refractivity contribution < 1.29 is 14.7 Å². The minimum Gasteiger partial charge on any atom is -0.480 e. The molecule has 0 heterocycles. The van der Waals surface area contributed by atoms with Crippen LogP contribution in [-0.4, -0.2) is 29.2 Å². The van der Waals surface area contributed by atoms with E-state index in [2.05, 4.69) is 10.6 Å². The minimum absolute atomic E-state index is 0.336. The summed E-state index contributed by atoms with van der Waals surface area (Å²) < 4.78 is 0.